The summed E-state index contributed by atoms with van der Waals surface area (Å²) in [4.78, 5) is 21.7. The molecule has 4 aromatic heterocycles. The molecule has 0 N–H and O–H groups in total. The second-order valence-electron chi connectivity index (χ2n) is 30.0. The third-order valence-corrected chi connectivity index (χ3v) is 26.9. The zero-order chi connectivity index (χ0) is 72.4. The maximum Gasteiger partial charge on any atom is 0.238 e. The molecule has 0 bridgehead atoms. The van der Waals surface area contributed by atoms with Crippen LogP contribution < -0.4 is 0 Å². The maximum atomic E-state index is 5.71. The third-order valence-electron chi connectivity index (χ3n) is 24.6. The summed E-state index contributed by atoms with van der Waals surface area (Å²) in [5.41, 5.74) is 27.3. The van der Waals surface area contributed by atoms with Crippen LogP contribution in [0.25, 0.3) is 160 Å². The summed E-state index contributed by atoms with van der Waals surface area (Å²) in [7, 11) is 0. The Hall–Kier alpha value is -13.6. The molecule has 4 aliphatic rings. The molecule has 2 aliphatic heterocycles. The number of para-hydroxylation sites is 2. The van der Waals surface area contributed by atoms with Crippen LogP contribution in [0.5, 0.6) is 0 Å². The van der Waals surface area contributed by atoms with Crippen LogP contribution in [0.4, 0.5) is 0 Å². The van der Waals surface area contributed by atoms with Crippen molar-refractivity contribution in [3.63, 3.8) is 0 Å². The molecule has 6 heterocycles. The van der Waals surface area contributed by atoms with Crippen molar-refractivity contribution in [1.82, 2.24) is 28.7 Å². The molecule has 0 saturated heterocycles. The van der Waals surface area contributed by atoms with Crippen molar-refractivity contribution in [3.05, 3.63) is 408 Å². The molecule has 1 unspecified atom stereocenters. The zero-order valence-corrected chi connectivity index (χ0v) is 61.3. The van der Waals surface area contributed by atoms with Crippen molar-refractivity contribution < 1.29 is 0 Å². The molecular formula is C103H60N6S2. The molecule has 2 aliphatic carbocycles. The fraction of sp³-hybridized carbons (Fsp3) is 0.0194. The molecule has 0 fully saturated rings. The van der Waals surface area contributed by atoms with E-state index >= 15 is 0 Å². The van der Waals surface area contributed by atoms with E-state index in [2.05, 4.69) is 378 Å². The monoisotopic (exact) mass is 1440 g/mol. The Morgan fingerprint density at radius 2 is 0.640 bits per heavy atom. The highest BCUT2D eigenvalue weighted by atomic mass is 32.2. The van der Waals surface area contributed by atoms with Gasteiger partial charge >= 0.3 is 0 Å². The molecule has 8 heteroatoms. The van der Waals surface area contributed by atoms with Crippen LogP contribution in [0.3, 0.4) is 0 Å². The molecule has 514 valence electrons. The largest absolute Gasteiger partial charge is 0.309 e. The lowest BCUT2D eigenvalue weighted by Crippen LogP contribution is -2.32. The Bertz CT molecular complexity index is 7570. The van der Waals surface area contributed by atoms with Crippen molar-refractivity contribution in [1.29, 1.82) is 0 Å². The molecule has 0 saturated carbocycles. The summed E-state index contributed by atoms with van der Waals surface area (Å²) < 4.78 is 7.28. The Morgan fingerprint density at radius 3 is 1.22 bits per heavy atom. The Morgan fingerprint density at radius 1 is 0.216 bits per heavy atom. The number of benzene rings is 17. The molecule has 6 nitrogen and oxygen atoms in total. The highest BCUT2D eigenvalue weighted by molar-refractivity contribution is 7.99. The number of nitrogens with zero attached hydrogens (tertiary/aromatic N) is 6. The average Bonchev–Trinajstić information content (AvgIpc) is 1.54. The quantitative estimate of drug-likeness (QED) is 0.166. The van der Waals surface area contributed by atoms with Gasteiger partial charge in [0.1, 0.15) is 0 Å². The minimum absolute atomic E-state index is 0.550. The lowest BCUT2D eigenvalue weighted by atomic mass is 9.67. The van der Waals surface area contributed by atoms with Gasteiger partial charge in [-0.3, -0.25) is 4.57 Å². The normalized spacial score (nSPS) is 14.7. The van der Waals surface area contributed by atoms with Gasteiger partial charge in [0.2, 0.25) is 5.95 Å². The van der Waals surface area contributed by atoms with Gasteiger partial charge in [0.05, 0.1) is 43.9 Å². The lowest BCUT2D eigenvalue weighted by Gasteiger charge is -2.39. The number of rotatable bonds is 6. The Labute approximate surface area is 646 Å². The minimum Gasteiger partial charge on any atom is -0.309 e. The van der Waals surface area contributed by atoms with Crippen LogP contribution in [0.1, 0.15) is 44.5 Å². The summed E-state index contributed by atoms with van der Waals surface area (Å²) in [5, 5.41) is 11.9. The first-order chi connectivity index (χ1) is 55.0. The second kappa shape index (κ2) is 23.0. The van der Waals surface area contributed by atoms with E-state index in [0.717, 1.165) is 66.2 Å². The van der Waals surface area contributed by atoms with E-state index in [1.165, 1.54) is 141 Å². The molecule has 1 atom stereocenters. The van der Waals surface area contributed by atoms with Crippen LogP contribution in [0.2, 0.25) is 0 Å². The molecule has 0 amide bonds. The van der Waals surface area contributed by atoms with Gasteiger partial charge < -0.3 is 9.13 Å². The average molecular weight is 1450 g/mol. The summed E-state index contributed by atoms with van der Waals surface area (Å²) in [6, 6.07) is 136. The smallest absolute Gasteiger partial charge is 0.238 e. The fourth-order valence-electron chi connectivity index (χ4n) is 20.1. The first-order valence-corrected chi connectivity index (χ1v) is 39.7. The van der Waals surface area contributed by atoms with E-state index in [4.69, 9.17) is 15.0 Å². The van der Waals surface area contributed by atoms with Crippen molar-refractivity contribution in [2.24, 2.45) is 0 Å². The highest BCUT2D eigenvalue weighted by Crippen LogP contribution is 2.65. The van der Waals surface area contributed by atoms with Crippen LogP contribution in [0.15, 0.2) is 384 Å². The summed E-state index contributed by atoms with van der Waals surface area (Å²) >= 11 is 3.76. The van der Waals surface area contributed by atoms with Gasteiger partial charge in [-0.05, 0) is 174 Å². The number of fused-ring (bicyclic) bond motifs is 31. The summed E-state index contributed by atoms with van der Waals surface area (Å²) in [6.45, 7) is 0. The van der Waals surface area contributed by atoms with Gasteiger partial charge in [-0.1, -0.05) is 303 Å². The molecule has 21 aromatic rings. The topological polar surface area (TPSA) is 53.5 Å². The molecule has 111 heavy (non-hydrogen) atoms. The first-order valence-electron chi connectivity index (χ1n) is 38.0. The van der Waals surface area contributed by atoms with E-state index in [-0.39, 0.29) is 0 Å². The molecule has 2 spiro atoms. The molecule has 0 radical (unpaired) electrons. The van der Waals surface area contributed by atoms with Crippen LogP contribution in [0, 0.1) is 0 Å². The van der Waals surface area contributed by atoms with E-state index in [1.54, 1.807) is 0 Å². The van der Waals surface area contributed by atoms with Gasteiger partial charge in [-0.15, -0.1) is 0 Å². The third kappa shape index (κ3) is 8.36. The van der Waals surface area contributed by atoms with E-state index in [9.17, 15) is 0 Å². The Balaban J connectivity index is 0.658. The van der Waals surface area contributed by atoms with Gasteiger partial charge in [0, 0.05) is 85.2 Å². The van der Waals surface area contributed by atoms with Crippen molar-refractivity contribution in [3.8, 4) is 73.5 Å². The van der Waals surface area contributed by atoms with Crippen molar-refractivity contribution in [2.45, 2.75) is 30.4 Å². The number of hydrogen-bond donors (Lipinski definition) is 0. The van der Waals surface area contributed by atoms with Crippen molar-refractivity contribution in [2.75, 3.05) is 0 Å². The van der Waals surface area contributed by atoms with Crippen molar-refractivity contribution >= 4 is 110 Å². The predicted molar refractivity (Wildman–Crippen MR) is 457 cm³/mol. The zero-order valence-electron chi connectivity index (χ0n) is 59.6. The second-order valence-corrected chi connectivity index (χ2v) is 32.1. The molecule has 25 rings (SSSR count). The highest BCUT2D eigenvalue weighted by Gasteiger charge is 2.52. The van der Waals surface area contributed by atoms with E-state index < -0.39 is 10.8 Å². The van der Waals surface area contributed by atoms with Gasteiger partial charge in [-0.2, -0.15) is 9.97 Å². The van der Waals surface area contributed by atoms with Crippen LogP contribution in [-0.4, -0.2) is 28.7 Å². The molecule has 17 aromatic carbocycles. The fourth-order valence-corrected chi connectivity index (χ4v) is 22.5. The van der Waals surface area contributed by atoms with Crippen LogP contribution >= 0.6 is 23.5 Å². The molecular weight excluding hydrogens is 1390 g/mol. The standard InChI is InChI=1S/C103H60N6S2/c1-2-25-63(26-3-1)99-104-100(106-101(105-99)109-92-60-96-87(58-80(92)77-53-46-62-24-5-7-30-70(62)98(77)109)102(85-39-16-20-43-93(85)111-96)81-36-13-8-31-71(81)72-32-9-14-37-82(72)102)66-28-22-27-64(55-66)65-47-54-84-78(56-65)73-33-10-15-38-83(73)103(84)86-40-17-21-44-94(86)110-95-59-91-79(57-88(95)103)76-52-45-61-23-4-6-29-69(61)97(76)108(91)68-50-48-67(49-51-68)107-89-41-18-11-34-74(89)75-35-12-19-42-90(75)107/h1-60H. The minimum atomic E-state index is -0.641. The van der Waals surface area contributed by atoms with Gasteiger partial charge in [0.25, 0.3) is 0 Å². The number of hydrogen-bond acceptors (Lipinski definition) is 5. The van der Waals surface area contributed by atoms with Gasteiger partial charge in [-0.25, -0.2) is 4.98 Å². The first kappa shape index (κ1) is 61.4. The van der Waals surface area contributed by atoms with E-state index in [0.29, 0.717) is 17.6 Å². The predicted octanol–water partition coefficient (Wildman–Crippen LogP) is 26.1. The van der Waals surface area contributed by atoms with E-state index in [1.807, 2.05) is 23.5 Å². The van der Waals surface area contributed by atoms with Gasteiger partial charge in [0.15, 0.2) is 11.6 Å². The van der Waals surface area contributed by atoms with Crippen LogP contribution in [-0.2, 0) is 10.8 Å². The lowest BCUT2D eigenvalue weighted by molar-refractivity contribution is 0.724. The summed E-state index contributed by atoms with van der Waals surface area (Å²) in [5.74, 6) is 1.74. The summed E-state index contributed by atoms with van der Waals surface area (Å²) in [6.07, 6.45) is 0. The maximum absolute atomic E-state index is 5.71. The number of aromatic nitrogens is 6. The Kier molecular flexibility index (Phi) is 12.7. The SMILES string of the molecule is c1ccc(-c2nc(-c3cccc(-c4ccc5c(c4)-c4ccccc4C54c5ccccc5Sc5cc6c(cc54)c4ccc5ccccc5c4n6-c4ccc(-n5c6ccccc6c6ccccc65)cc4)c3)nc(-n3c4cc5c(cc4c4ccc6ccccc6c43)C3(c4ccccc4S5)c4ccccc4-c4ccccc43)n2)cc1.